The van der Waals surface area contributed by atoms with E-state index in [1.165, 1.54) is 24.0 Å². The number of carbonyl (C=O) groups excluding carboxylic acids is 1. The molecule has 6 heteroatoms. The summed E-state index contributed by atoms with van der Waals surface area (Å²) in [7, 11) is 1.38. The second-order valence-electron chi connectivity index (χ2n) is 5.67. The first-order valence-corrected chi connectivity index (χ1v) is 8.70. The summed E-state index contributed by atoms with van der Waals surface area (Å²) in [6.45, 7) is 4.08. The minimum absolute atomic E-state index is 0.110. The number of rotatable bonds is 4. The van der Waals surface area contributed by atoms with Gasteiger partial charge in [-0.05, 0) is 31.5 Å². The fourth-order valence-electron chi connectivity index (χ4n) is 2.41. The maximum absolute atomic E-state index is 11.8. The second kappa shape index (κ2) is 7.44. The van der Waals surface area contributed by atoms with Gasteiger partial charge in [0.15, 0.2) is 0 Å². The summed E-state index contributed by atoms with van der Waals surface area (Å²) in [6, 6.07) is 16.0. The summed E-state index contributed by atoms with van der Waals surface area (Å²) in [4.78, 5) is 12.4. The summed E-state index contributed by atoms with van der Waals surface area (Å²) in [5, 5.41) is 8.75. The molecule has 1 aromatic heterocycles. The SMILES string of the molecule is COC(=O)Cn1c(=NN=C(C)c2ccc(C)cc2)sc2ccccc21. The van der Waals surface area contributed by atoms with Gasteiger partial charge in [0.05, 0.1) is 23.0 Å². The maximum atomic E-state index is 11.8. The van der Waals surface area contributed by atoms with Crippen molar-refractivity contribution < 1.29 is 9.53 Å². The van der Waals surface area contributed by atoms with Crippen LogP contribution in [0.5, 0.6) is 0 Å². The average Bonchev–Trinajstić information content (AvgIpc) is 2.98. The zero-order chi connectivity index (χ0) is 17.8. The fourth-order valence-corrected chi connectivity index (χ4v) is 3.39. The van der Waals surface area contributed by atoms with E-state index in [4.69, 9.17) is 4.74 Å². The third-order valence-corrected chi connectivity index (χ3v) is 4.91. The summed E-state index contributed by atoms with van der Waals surface area (Å²) in [6.07, 6.45) is 0. The van der Waals surface area contributed by atoms with Gasteiger partial charge in [-0.2, -0.15) is 5.10 Å². The van der Waals surface area contributed by atoms with E-state index in [2.05, 4.69) is 10.2 Å². The Hall–Kier alpha value is -2.73. The number of benzene rings is 2. The van der Waals surface area contributed by atoms with Gasteiger partial charge in [-0.25, -0.2) is 0 Å². The molecule has 0 atom stereocenters. The molecular weight excluding hydrogens is 334 g/mol. The predicted molar refractivity (Wildman–Crippen MR) is 101 cm³/mol. The highest BCUT2D eigenvalue weighted by Gasteiger charge is 2.10. The number of hydrogen-bond acceptors (Lipinski definition) is 5. The van der Waals surface area contributed by atoms with Crippen molar-refractivity contribution in [2.24, 2.45) is 10.2 Å². The van der Waals surface area contributed by atoms with Gasteiger partial charge >= 0.3 is 5.97 Å². The Morgan fingerprint density at radius 1 is 1.16 bits per heavy atom. The van der Waals surface area contributed by atoms with Crippen molar-refractivity contribution in [2.75, 3.05) is 7.11 Å². The van der Waals surface area contributed by atoms with Crippen molar-refractivity contribution in [3.63, 3.8) is 0 Å². The Morgan fingerprint density at radius 2 is 1.88 bits per heavy atom. The molecule has 0 aliphatic heterocycles. The molecule has 0 radical (unpaired) electrons. The summed E-state index contributed by atoms with van der Waals surface area (Å²) >= 11 is 1.50. The highest BCUT2D eigenvalue weighted by atomic mass is 32.1. The smallest absolute Gasteiger partial charge is 0.325 e. The Bertz CT molecular complexity index is 997. The summed E-state index contributed by atoms with van der Waals surface area (Å²) < 4.78 is 7.68. The average molecular weight is 353 g/mol. The molecule has 0 spiro atoms. The molecule has 2 aromatic carbocycles. The van der Waals surface area contributed by atoms with Crippen LogP contribution in [0.1, 0.15) is 18.1 Å². The van der Waals surface area contributed by atoms with Gasteiger partial charge in [0, 0.05) is 0 Å². The lowest BCUT2D eigenvalue weighted by molar-refractivity contribution is -0.141. The fraction of sp³-hybridized carbons (Fsp3) is 0.211. The number of carbonyl (C=O) groups is 1. The molecule has 0 saturated heterocycles. The molecule has 0 unspecified atom stereocenters. The number of para-hydroxylation sites is 1. The first-order chi connectivity index (χ1) is 12.1. The highest BCUT2D eigenvalue weighted by molar-refractivity contribution is 7.16. The molecule has 0 N–H and O–H groups in total. The normalized spacial score (nSPS) is 12.6. The molecule has 128 valence electrons. The van der Waals surface area contributed by atoms with Crippen LogP contribution in [0.4, 0.5) is 0 Å². The maximum Gasteiger partial charge on any atom is 0.325 e. The van der Waals surface area contributed by atoms with E-state index >= 15 is 0 Å². The van der Waals surface area contributed by atoms with Gasteiger partial charge in [-0.15, -0.1) is 5.10 Å². The van der Waals surface area contributed by atoms with Crippen LogP contribution in [0.25, 0.3) is 10.2 Å². The first-order valence-electron chi connectivity index (χ1n) is 7.89. The molecule has 0 bridgehead atoms. The zero-order valence-electron chi connectivity index (χ0n) is 14.4. The topological polar surface area (TPSA) is 56.0 Å². The van der Waals surface area contributed by atoms with E-state index in [0.29, 0.717) is 4.80 Å². The molecule has 25 heavy (non-hydrogen) atoms. The molecule has 0 amide bonds. The lowest BCUT2D eigenvalue weighted by Gasteiger charge is -2.03. The predicted octanol–water partition coefficient (Wildman–Crippen LogP) is 3.51. The van der Waals surface area contributed by atoms with Crippen LogP contribution in [0.15, 0.2) is 58.7 Å². The van der Waals surface area contributed by atoms with Gasteiger partial charge < -0.3 is 9.30 Å². The number of thiazole rings is 1. The minimum atomic E-state index is -0.316. The lowest BCUT2D eigenvalue weighted by Crippen LogP contribution is -2.21. The van der Waals surface area contributed by atoms with Crippen molar-refractivity contribution in [1.29, 1.82) is 0 Å². The van der Waals surface area contributed by atoms with Crippen LogP contribution in [-0.4, -0.2) is 23.4 Å². The monoisotopic (exact) mass is 353 g/mol. The van der Waals surface area contributed by atoms with Crippen molar-refractivity contribution in [3.05, 3.63) is 64.5 Å². The molecule has 0 fully saturated rings. The third-order valence-electron chi connectivity index (χ3n) is 3.86. The van der Waals surface area contributed by atoms with Crippen LogP contribution in [-0.2, 0) is 16.1 Å². The number of aromatic nitrogens is 1. The number of nitrogens with zero attached hydrogens (tertiary/aromatic N) is 3. The third kappa shape index (κ3) is 3.85. The summed E-state index contributed by atoms with van der Waals surface area (Å²) in [5.41, 5.74) is 3.99. The van der Waals surface area contributed by atoms with Crippen LogP contribution < -0.4 is 4.80 Å². The number of methoxy groups -OCH3 is 1. The molecular formula is C19H19N3O2S. The van der Waals surface area contributed by atoms with Gasteiger partial charge in [0.2, 0.25) is 4.80 Å². The Labute approximate surface area is 149 Å². The standard InChI is InChI=1S/C19H19N3O2S/c1-13-8-10-15(11-9-13)14(2)20-21-19-22(12-18(23)24-3)16-6-4-5-7-17(16)25-19/h4-11H,12H2,1-3H3. The largest absolute Gasteiger partial charge is 0.468 e. The van der Waals surface area contributed by atoms with Gasteiger partial charge in [0.25, 0.3) is 0 Å². The Morgan fingerprint density at radius 3 is 2.60 bits per heavy atom. The van der Waals surface area contributed by atoms with Gasteiger partial charge in [-0.1, -0.05) is 53.3 Å². The molecule has 3 rings (SSSR count). The Kier molecular flexibility index (Phi) is 5.09. The number of fused-ring (bicyclic) bond motifs is 1. The molecule has 3 aromatic rings. The van der Waals surface area contributed by atoms with Crippen molar-refractivity contribution in [3.8, 4) is 0 Å². The second-order valence-corrected chi connectivity index (χ2v) is 6.68. The lowest BCUT2D eigenvalue weighted by atomic mass is 10.1. The van der Waals surface area contributed by atoms with E-state index < -0.39 is 0 Å². The van der Waals surface area contributed by atoms with Crippen LogP contribution in [0.3, 0.4) is 0 Å². The number of hydrogen-bond donors (Lipinski definition) is 0. The van der Waals surface area contributed by atoms with Crippen molar-refractivity contribution in [2.45, 2.75) is 20.4 Å². The molecule has 1 heterocycles. The van der Waals surface area contributed by atoms with E-state index in [1.54, 1.807) is 0 Å². The zero-order valence-corrected chi connectivity index (χ0v) is 15.2. The number of ether oxygens (including phenoxy) is 1. The summed E-state index contributed by atoms with van der Waals surface area (Å²) in [5.74, 6) is -0.316. The van der Waals surface area contributed by atoms with Crippen LogP contribution in [0, 0.1) is 6.92 Å². The van der Waals surface area contributed by atoms with Crippen molar-refractivity contribution in [1.82, 2.24) is 4.57 Å². The number of esters is 1. The van der Waals surface area contributed by atoms with Crippen LogP contribution in [0.2, 0.25) is 0 Å². The highest BCUT2D eigenvalue weighted by Crippen LogP contribution is 2.16. The van der Waals surface area contributed by atoms with Gasteiger partial charge in [0.1, 0.15) is 6.54 Å². The Balaban J connectivity index is 2.05. The van der Waals surface area contributed by atoms with E-state index in [-0.39, 0.29) is 12.5 Å². The molecule has 5 nitrogen and oxygen atoms in total. The van der Waals surface area contributed by atoms with E-state index in [9.17, 15) is 4.79 Å². The minimum Gasteiger partial charge on any atom is -0.468 e. The van der Waals surface area contributed by atoms with Gasteiger partial charge in [-0.3, -0.25) is 4.79 Å². The molecule has 0 aliphatic rings. The quantitative estimate of drug-likeness (QED) is 0.409. The number of aryl methyl sites for hydroxylation is 1. The van der Waals surface area contributed by atoms with E-state index in [1.807, 2.05) is 66.9 Å². The van der Waals surface area contributed by atoms with Crippen molar-refractivity contribution >= 4 is 33.2 Å². The van der Waals surface area contributed by atoms with E-state index in [0.717, 1.165) is 21.5 Å². The molecule has 0 aliphatic carbocycles. The molecule has 0 saturated carbocycles. The first kappa shape index (κ1) is 17.1. The van der Waals surface area contributed by atoms with Crippen LogP contribution >= 0.6 is 11.3 Å².